The van der Waals surface area contributed by atoms with E-state index in [2.05, 4.69) is 20.1 Å². The molecule has 3 aliphatic heterocycles. The van der Waals surface area contributed by atoms with Gasteiger partial charge in [0.05, 0.1) is 23.9 Å². The normalized spacial score (nSPS) is 23.5. The summed E-state index contributed by atoms with van der Waals surface area (Å²) in [7, 11) is 0. The van der Waals surface area contributed by atoms with E-state index in [0.29, 0.717) is 6.54 Å². The number of hydrogen-bond acceptors (Lipinski definition) is 5. The first-order valence-corrected chi connectivity index (χ1v) is 8.46. The molecule has 6 heteroatoms. The highest BCUT2D eigenvalue weighted by molar-refractivity contribution is 5.81. The molecule has 0 saturated carbocycles. The summed E-state index contributed by atoms with van der Waals surface area (Å²) in [4.78, 5) is 21.5. The lowest BCUT2D eigenvalue weighted by Gasteiger charge is -2.35. The second-order valence-corrected chi connectivity index (χ2v) is 6.65. The molecule has 0 radical (unpaired) electrons. The Morgan fingerprint density at radius 2 is 2.04 bits per heavy atom. The first kappa shape index (κ1) is 15.1. The summed E-state index contributed by atoms with van der Waals surface area (Å²) in [6.45, 7) is 4.06. The average Bonchev–Trinajstić information content (AvgIpc) is 2.89. The van der Waals surface area contributed by atoms with Gasteiger partial charge in [-0.3, -0.25) is 9.78 Å². The van der Waals surface area contributed by atoms with Gasteiger partial charge in [0.25, 0.3) is 0 Å². The van der Waals surface area contributed by atoms with Gasteiger partial charge in [-0.05, 0) is 44.0 Å². The lowest BCUT2D eigenvalue weighted by Crippen LogP contribution is -2.47. The molecule has 0 N–H and O–H groups in total. The standard InChI is InChI=1S/C18H21N5O/c1-13-5-8-17(21-20-13)22-10-14-6-7-16(12-22)23(18(14)24)11-15-4-2-3-9-19-15/h2-5,8-9,14,16H,6-7,10-12H2,1H3/t14?,16-/m1/s1. The van der Waals surface area contributed by atoms with E-state index in [1.54, 1.807) is 6.20 Å². The van der Waals surface area contributed by atoms with Crippen LogP contribution >= 0.6 is 0 Å². The van der Waals surface area contributed by atoms with Crippen LogP contribution in [0.4, 0.5) is 5.82 Å². The number of nitrogens with zero attached hydrogens (tertiary/aromatic N) is 5. The van der Waals surface area contributed by atoms with E-state index in [0.717, 1.165) is 43.1 Å². The Bertz CT molecular complexity index is 718. The quantitative estimate of drug-likeness (QED) is 0.862. The number of amides is 1. The minimum absolute atomic E-state index is 0.0376. The van der Waals surface area contributed by atoms with Crippen LogP contribution in [0.5, 0.6) is 0 Å². The second kappa shape index (κ2) is 6.19. The highest BCUT2D eigenvalue weighted by Crippen LogP contribution is 2.31. The van der Waals surface area contributed by atoms with Crippen LogP contribution in [0.3, 0.4) is 0 Å². The predicted molar refractivity (Wildman–Crippen MR) is 90.3 cm³/mol. The number of aromatic nitrogens is 3. The van der Waals surface area contributed by atoms with Gasteiger partial charge in [0.1, 0.15) is 0 Å². The molecule has 2 bridgehead atoms. The van der Waals surface area contributed by atoms with Crippen LogP contribution in [-0.2, 0) is 11.3 Å². The van der Waals surface area contributed by atoms with Crippen molar-refractivity contribution in [3.8, 4) is 0 Å². The first-order chi connectivity index (χ1) is 11.7. The molecule has 5 heterocycles. The summed E-state index contributed by atoms with van der Waals surface area (Å²) in [6.07, 6.45) is 3.78. The Balaban J connectivity index is 1.57. The van der Waals surface area contributed by atoms with Gasteiger partial charge < -0.3 is 9.80 Å². The summed E-state index contributed by atoms with van der Waals surface area (Å²) in [5, 5.41) is 8.47. The maximum atomic E-state index is 12.9. The smallest absolute Gasteiger partial charge is 0.228 e. The molecule has 0 aromatic carbocycles. The minimum Gasteiger partial charge on any atom is -0.352 e. The van der Waals surface area contributed by atoms with Crippen molar-refractivity contribution in [1.82, 2.24) is 20.1 Å². The van der Waals surface area contributed by atoms with E-state index in [9.17, 15) is 4.79 Å². The molecule has 1 amide bonds. The fourth-order valence-corrected chi connectivity index (χ4v) is 3.66. The lowest BCUT2D eigenvalue weighted by molar-refractivity contribution is -0.140. The number of fused-ring (bicyclic) bond motifs is 4. The van der Waals surface area contributed by atoms with E-state index in [1.165, 1.54) is 0 Å². The maximum Gasteiger partial charge on any atom is 0.228 e. The van der Waals surface area contributed by atoms with Gasteiger partial charge in [0.15, 0.2) is 5.82 Å². The molecule has 124 valence electrons. The molecule has 2 atom stereocenters. The zero-order valence-electron chi connectivity index (χ0n) is 13.8. The number of rotatable bonds is 3. The van der Waals surface area contributed by atoms with Crippen molar-refractivity contribution in [3.63, 3.8) is 0 Å². The van der Waals surface area contributed by atoms with Crippen LogP contribution in [0.2, 0.25) is 0 Å². The summed E-state index contributed by atoms with van der Waals surface area (Å²) in [6, 6.07) is 10.0. The summed E-state index contributed by atoms with van der Waals surface area (Å²) >= 11 is 0. The zero-order valence-corrected chi connectivity index (χ0v) is 13.8. The van der Waals surface area contributed by atoms with E-state index < -0.39 is 0 Å². The number of piperidine rings is 1. The Kier molecular flexibility index (Phi) is 3.88. The number of carbonyl (C=O) groups excluding carboxylic acids is 1. The molecule has 1 unspecified atom stereocenters. The Morgan fingerprint density at radius 1 is 1.12 bits per heavy atom. The van der Waals surface area contributed by atoms with Crippen LogP contribution < -0.4 is 4.90 Å². The third-order valence-electron chi connectivity index (χ3n) is 4.96. The summed E-state index contributed by atoms with van der Waals surface area (Å²) < 4.78 is 0. The Hall–Kier alpha value is -2.50. The largest absolute Gasteiger partial charge is 0.352 e. The lowest BCUT2D eigenvalue weighted by atomic mass is 9.94. The number of pyridine rings is 1. The van der Waals surface area contributed by atoms with Crippen LogP contribution in [0, 0.1) is 12.8 Å². The fourth-order valence-electron chi connectivity index (χ4n) is 3.66. The van der Waals surface area contributed by atoms with Crippen molar-refractivity contribution in [1.29, 1.82) is 0 Å². The van der Waals surface area contributed by atoms with Gasteiger partial charge in [-0.25, -0.2) is 0 Å². The van der Waals surface area contributed by atoms with E-state index >= 15 is 0 Å². The third kappa shape index (κ3) is 2.84. The molecule has 2 aromatic heterocycles. The van der Waals surface area contributed by atoms with Crippen molar-refractivity contribution < 1.29 is 4.79 Å². The molecule has 2 aromatic rings. The van der Waals surface area contributed by atoms with Gasteiger partial charge in [-0.2, -0.15) is 5.10 Å². The maximum absolute atomic E-state index is 12.9. The molecular weight excluding hydrogens is 302 g/mol. The SMILES string of the molecule is Cc1ccc(N2CC3CC[C@H](C2)N(Cc2ccccn2)C3=O)nn1. The van der Waals surface area contributed by atoms with Gasteiger partial charge >= 0.3 is 0 Å². The van der Waals surface area contributed by atoms with Crippen LogP contribution in [0.25, 0.3) is 0 Å². The van der Waals surface area contributed by atoms with E-state index in [1.807, 2.05) is 42.2 Å². The van der Waals surface area contributed by atoms with Gasteiger partial charge in [0, 0.05) is 25.3 Å². The Morgan fingerprint density at radius 3 is 2.79 bits per heavy atom. The van der Waals surface area contributed by atoms with Crippen molar-refractivity contribution in [2.24, 2.45) is 5.92 Å². The van der Waals surface area contributed by atoms with Gasteiger partial charge in [-0.1, -0.05) is 6.07 Å². The van der Waals surface area contributed by atoms with E-state index in [4.69, 9.17) is 0 Å². The Labute approximate surface area is 141 Å². The molecule has 5 rings (SSSR count). The predicted octanol–water partition coefficient (Wildman–Crippen LogP) is 1.81. The topological polar surface area (TPSA) is 62.2 Å². The molecule has 24 heavy (non-hydrogen) atoms. The van der Waals surface area contributed by atoms with Crippen LogP contribution in [0.15, 0.2) is 36.5 Å². The summed E-state index contributed by atoms with van der Waals surface area (Å²) in [5.41, 5.74) is 1.85. The highest BCUT2D eigenvalue weighted by atomic mass is 16.2. The van der Waals surface area contributed by atoms with Crippen molar-refractivity contribution in [2.75, 3.05) is 18.0 Å². The molecule has 3 fully saturated rings. The summed E-state index contributed by atoms with van der Waals surface area (Å²) in [5.74, 6) is 1.15. The molecular formula is C18H21N5O. The molecule has 3 aliphatic rings. The van der Waals surface area contributed by atoms with Crippen molar-refractivity contribution in [3.05, 3.63) is 47.9 Å². The highest BCUT2D eigenvalue weighted by Gasteiger charge is 2.41. The van der Waals surface area contributed by atoms with Crippen LogP contribution in [0.1, 0.15) is 24.2 Å². The van der Waals surface area contributed by atoms with Gasteiger partial charge in [-0.15, -0.1) is 5.10 Å². The minimum atomic E-state index is 0.0376. The van der Waals surface area contributed by atoms with Crippen molar-refractivity contribution >= 4 is 11.7 Å². The van der Waals surface area contributed by atoms with Crippen LogP contribution in [-0.4, -0.2) is 45.1 Å². The fraction of sp³-hybridized carbons (Fsp3) is 0.444. The second-order valence-electron chi connectivity index (χ2n) is 6.65. The van der Waals surface area contributed by atoms with Crippen molar-refractivity contribution in [2.45, 2.75) is 32.4 Å². The molecule has 3 saturated heterocycles. The van der Waals surface area contributed by atoms with E-state index in [-0.39, 0.29) is 17.9 Å². The first-order valence-electron chi connectivity index (χ1n) is 8.46. The number of aryl methyl sites for hydroxylation is 1. The number of anilines is 1. The average molecular weight is 323 g/mol. The number of hydrogen-bond donors (Lipinski definition) is 0. The monoisotopic (exact) mass is 323 g/mol. The molecule has 0 aliphatic carbocycles. The van der Waals surface area contributed by atoms with Gasteiger partial charge in [0.2, 0.25) is 5.91 Å². The zero-order chi connectivity index (χ0) is 16.5. The number of carbonyl (C=O) groups is 1. The third-order valence-corrected chi connectivity index (χ3v) is 4.96. The molecule has 0 spiro atoms. The molecule has 6 nitrogen and oxygen atoms in total.